The van der Waals surface area contributed by atoms with Crippen molar-refractivity contribution < 1.29 is 19.1 Å². The Hall–Kier alpha value is -1.79. The van der Waals surface area contributed by atoms with Gasteiger partial charge in [0.2, 0.25) is 0 Å². The van der Waals surface area contributed by atoms with E-state index in [0.29, 0.717) is 18.1 Å². The standard InChI is InChI=1S/C15H19ClN2O4/c1-9-6-18(7-10(2)22-9)14(19)8-21-15(20)12-5-11(16)3-4-13(12)17/h3-5,9-10H,6-8,17H2,1-2H3/t9-,10+. The van der Waals surface area contributed by atoms with E-state index >= 15 is 0 Å². The van der Waals surface area contributed by atoms with Gasteiger partial charge in [0.15, 0.2) is 6.61 Å². The van der Waals surface area contributed by atoms with Crippen LogP contribution in [0.1, 0.15) is 24.2 Å². The summed E-state index contributed by atoms with van der Waals surface area (Å²) in [6, 6.07) is 4.52. The van der Waals surface area contributed by atoms with Gasteiger partial charge in [-0.3, -0.25) is 4.79 Å². The number of nitrogen functional groups attached to an aromatic ring is 1. The zero-order valence-electron chi connectivity index (χ0n) is 12.5. The SMILES string of the molecule is C[C@@H]1CN(C(=O)COC(=O)c2cc(Cl)ccc2N)C[C@H](C)O1. The molecule has 0 bridgehead atoms. The molecule has 1 aromatic carbocycles. The predicted molar refractivity (Wildman–Crippen MR) is 82.7 cm³/mol. The molecule has 120 valence electrons. The van der Waals surface area contributed by atoms with E-state index in [1.165, 1.54) is 12.1 Å². The fraction of sp³-hybridized carbons (Fsp3) is 0.467. The summed E-state index contributed by atoms with van der Waals surface area (Å²) in [6.07, 6.45) is -0.0704. The van der Waals surface area contributed by atoms with Crippen molar-refractivity contribution in [2.24, 2.45) is 0 Å². The first kappa shape index (κ1) is 16.6. The summed E-state index contributed by atoms with van der Waals surface area (Å²) in [4.78, 5) is 25.7. The minimum Gasteiger partial charge on any atom is -0.452 e. The van der Waals surface area contributed by atoms with Gasteiger partial charge in [-0.15, -0.1) is 0 Å². The summed E-state index contributed by atoms with van der Waals surface area (Å²) in [5.41, 5.74) is 6.12. The van der Waals surface area contributed by atoms with Crippen molar-refractivity contribution in [3.63, 3.8) is 0 Å². The van der Waals surface area contributed by atoms with E-state index in [9.17, 15) is 9.59 Å². The van der Waals surface area contributed by atoms with E-state index in [-0.39, 0.29) is 36.0 Å². The number of amides is 1. The van der Waals surface area contributed by atoms with Crippen LogP contribution in [-0.2, 0) is 14.3 Å². The summed E-state index contributed by atoms with van der Waals surface area (Å²) in [6.45, 7) is 4.44. The summed E-state index contributed by atoms with van der Waals surface area (Å²) in [5, 5.41) is 0.378. The first-order valence-electron chi connectivity index (χ1n) is 7.02. The second-order valence-electron chi connectivity index (χ2n) is 5.36. The van der Waals surface area contributed by atoms with Gasteiger partial charge in [-0.05, 0) is 32.0 Å². The zero-order chi connectivity index (χ0) is 16.3. The van der Waals surface area contributed by atoms with Crippen molar-refractivity contribution in [1.82, 2.24) is 4.90 Å². The third kappa shape index (κ3) is 4.11. The van der Waals surface area contributed by atoms with Crippen molar-refractivity contribution >= 4 is 29.2 Å². The second-order valence-corrected chi connectivity index (χ2v) is 5.80. The van der Waals surface area contributed by atoms with Crippen LogP contribution >= 0.6 is 11.6 Å². The highest BCUT2D eigenvalue weighted by Gasteiger charge is 2.26. The molecular formula is C15H19ClN2O4. The van der Waals surface area contributed by atoms with Crippen molar-refractivity contribution in [3.05, 3.63) is 28.8 Å². The highest BCUT2D eigenvalue weighted by atomic mass is 35.5. The van der Waals surface area contributed by atoms with Crippen LogP contribution in [-0.4, -0.2) is 48.7 Å². The van der Waals surface area contributed by atoms with Crippen molar-refractivity contribution in [3.8, 4) is 0 Å². The molecule has 2 atom stereocenters. The molecule has 1 fully saturated rings. The van der Waals surface area contributed by atoms with Crippen LogP contribution in [0.25, 0.3) is 0 Å². The predicted octanol–water partition coefficient (Wildman–Crippen LogP) is 1.71. The fourth-order valence-corrected chi connectivity index (χ4v) is 2.56. The zero-order valence-corrected chi connectivity index (χ0v) is 13.3. The number of morpholine rings is 1. The Morgan fingerprint density at radius 2 is 2.00 bits per heavy atom. The van der Waals surface area contributed by atoms with Gasteiger partial charge in [-0.2, -0.15) is 0 Å². The third-order valence-electron chi connectivity index (χ3n) is 3.33. The molecule has 0 aromatic heterocycles. The minimum absolute atomic E-state index is 0.0352. The number of rotatable bonds is 3. The molecule has 1 aliphatic rings. The lowest BCUT2D eigenvalue weighted by molar-refractivity contribution is -0.146. The molecule has 1 aromatic rings. The molecule has 2 rings (SSSR count). The van der Waals surface area contributed by atoms with Crippen LogP contribution in [0.2, 0.25) is 5.02 Å². The highest BCUT2D eigenvalue weighted by Crippen LogP contribution is 2.19. The number of hydrogen-bond donors (Lipinski definition) is 1. The van der Waals surface area contributed by atoms with E-state index in [4.69, 9.17) is 26.8 Å². The largest absolute Gasteiger partial charge is 0.452 e. The molecule has 1 saturated heterocycles. The second kappa shape index (κ2) is 6.98. The quantitative estimate of drug-likeness (QED) is 0.675. The molecule has 0 spiro atoms. The Morgan fingerprint density at radius 3 is 2.64 bits per heavy atom. The average molecular weight is 327 g/mol. The number of hydrogen-bond acceptors (Lipinski definition) is 5. The Kier molecular flexibility index (Phi) is 5.26. The lowest BCUT2D eigenvalue weighted by Crippen LogP contribution is -2.49. The number of carbonyl (C=O) groups is 2. The maximum Gasteiger partial charge on any atom is 0.340 e. The normalized spacial score (nSPS) is 21.5. The van der Waals surface area contributed by atoms with Crippen molar-refractivity contribution in [1.29, 1.82) is 0 Å². The van der Waals surface area contributed by atoms with Crippen LogP contribution in [0.4, 0.5) is 5.69 Å². The molecule has 22 heavy (non-hydrogen) atoms. The highest BCUT2D eigenvalue weighted by molar-refractivity contribution is 6.31. The molecule has 1 heterocycles. The summed E-state index contributed by atoms with van der Waals surface area (Å²) < 4.78 is 10.6. The van der Waals surface area contributed by atoms with Gasteiger partial charge in [-0.25, -0.2) is 4.79 Å². The number of ether oxygens (including phenoxy) is 2. The first-order chi connectivity index (χ1) is 10.4. The van der Waals surface area contributed by atoms with Gasteiger partial charge in [-0.1, -0.05) is 11.6 Å². The smallest absolute Gasteiger partial charge is 0.340 e. The fourth-order valence-electron chi connectivity index (χ4n) is 2.38. The van der Waals surface area contributed by atoms with E-state index in [2.05, 4.69) is 0 Å². The molecule has 1 amide bonds. The summed E-state index contributed by atoms with van der Waals surface area (Å²) in [5.74, 6) is -0.918. The number of benzene rings is 1. The minimum atomic E-state index is -0.664. The van der Waals surface area contributed by atoms with Crippen LogP contribution < -0.4 is 5.73 Å². The Labute approximate surface area is 134 Å². The van der Waals surface area contributed by atoms with Gasteiger partial charge in [0, 0.05) is 23.8 Å². The molecular weight excluding hydrogens is 308 g/mol. The van der Waals surface area contributed by atoms with Crippen molar-refractivity contribution in [2.75, 3.05) is 25.4 Å². The first-order valence-corrected chi connectivity index (χ1v) is 7.40. The Morgan fingerprint density at radius 1 is 1.36 bits per heavy atom. The van der Waals surface area contributed by atoms with Crippen LogP contribution in [0.15, 0.2) is 18.2 Å². The summed E-state index contributed by atoms with van der Waals surface area (Å²) >= 11 is 5.83. The molecule has 0 unspecified atom stereocenters. The molecule has 0 aliphatic carbocycles. The van der Waals surface area contributed by atoms with Gasteiger partial charge < -0.3 is 20.1 Å². The number of nitrogens with zero attached hydrogens (tertiary/aromatic N) is 1. The maximum atomic E-state index is 12.1. The lowest BCUT2D eigenvalue weighted by atomic mass is 10.2. The van der Waals surface area contributed by atoms with Crippen molar-refractivity contribution in [2.45, 2.75) is 26.1 Å². The topological polar surface area (TPSA) is 81.9 Å². The Balaban J connectivity index is 1.93. The van der Waals surface area contributed by atoms with Crippen LogP contribution in [0.5, 0.6) is 0 Å². The molecule has 6 nitrogen and oxygen atoms in total. The molecule has 0 radical (unpaired) electrons. The number of nitrogens with two attached hydrogens (primary N) is 1. The number of anilines is 1. The monoisotopic (exact) mass is 326 g/mol. The number of halogens is 1. The van der Waals surface area contributed by atoms with E-state index in [1.54, 1.807) is 11.0 Å². The third-order valence-corrected chi connectivity index (χ3v) is 3.57. The maximum absolute atomic E-state index is 12.1. The van der Waals surface area contributed by atoms with Crippen LogP contribution in [0, 0.1) is 0 Å². The van der Waals surface area contributed by atoms with E-state index in [1.807, 2.05) is 13.8 Å². The van der Waals surface area contributed by atoms with E-state index in [0.717, 1.165) is 0 Å². The average Bonchev–Trinajstić information content (AvgIpc) is 2.45. The van der Waals surface area contributed by atoms with Gasteiger partial charge >= 0.3 is 5.97 Å². The number of carbonyl (C=O) groups excluding carboxylic acids is 2. The lowest BCUT2D eigenvalue weighted by Gasteiger charge is -2.35. The number of esters is 1. The van der Waals surface area contributed by atoms with Gasteiger partial charge in [0.05, 0.1) is 17.8 Å². The summed E-state index contributed by atoms with van der Waals surface area (Å²) in [7, 11) is 0. The van der Waals surface area contributed by atoms with Gasteiger partial charge in [0.25, 0.3) is 5.91 Å². The van der Waals surface area contributed by atoms with Crippen LogP contribution in [0.3, 0.4) is 0 Å². The Bertz CT molecular complexity index is 569. The molecule has 2 N–H and O–H groups in total. The molecule has 7 heteroatoms. The van der Waals surface area contributed by atoms with E-state index < -0.39 is 5.97 Å². The molecule has 0 saturated carbocycles. The van der Waals surface area contributed by atoms with Gasteiger partial charge in [0.1, 0.15) is 0 Å². The molecule has 1 aliphatic heterocycles.